The van der Waals surface area contributed by atoms with Crippen molar-refractivity contribution in [2.45, 2.75) is 57.3 Å². The summed E-state index contributed by atoms with van der Waals surface area (Å²) in [6.45, 7) is 7.37. The van der Waals surface area contributed by atoms with Crippen LogP contribution in [0.1, 0.15) is 53.4 Å². The van der Waals surface area contributed by atoms with E-state index in [4.69, 9.17) is 32.9 Å². The second-order valence-electron chi connectivity index (χ2n) is 9.73. The third-order valence-electron chi connectivity index (χ3n) is 7.43. The van der Waals surface area contributed by atoms with Gasteiger partial charge in [-0.15, -0.1) is 0 Å². The first-order chi connectivity index (χ1) is 17.0. The minimum absolute atomic E-state index is 0.245. The summed E-state index contributed by atoms with van der Waals surface area (Å²) in [5, 5.41) is 7.01. The summed E-state index contributed by atoms with van der Waals surface area (Å²) >= 11 is 14.8. The van der Waals surface area contributed by atoms with Crippen molar-refractivity contribution in [3.8, 4) is 5.69 Å². The highest BCUT2D eigenvalue weighted by Crippen LogP contribution is 2.46. The summed E-state index contributed by atoms with van der Waals surface area (Å²) in [5.41, 5.74) is 4.17. The Kier molecular flexibility index (Phi) is 6.25. The molecule has 0 radical (unpaired) electrons. The number of allylic oxidation sites excluding steroid dienone is 2. The minimum Gasteiger partial charge on any atom is -0.371 e. The fourth-order valence-electron chi connectivity index (χ4n) is 5.51. The number of piperidine rings is 1. The van der Waals surface area contributed by atoms with Gasteiger partial charge in [-0.2, -0.15) is 5.10 Å². The van der Waals surface area contributed by atoms with Crippen LogP contribution in [0.2, 0.25) is 10.0 Å². The van der Waals surface area contributed by atoms with Crippen molar-refractivity contribution in [1.29, 1.82) is 0 Å². The van der Waals surface area contributed by atoms with Crippen LogP contribution < -0.4 is 4.90 Å². The molecule has 6 rings (SSSR count). The SMILES string of the molecule is C=C/C=C\c1sc(N2C[C@@H]3C[C@H]2C[C@H]3OCc2c(C3CC3)cnn2-c2c(Cl)cccc2Cl)nc1C. The maximum absolute atomic E-state index is 6.60. The van der Waals surface area contributed by atoms with E-state index in [1.165, 1.54) is 23.3 Å². The van der Waals surface area contributed by atoms with E-state index in [0.717, 1.165) is 41.6 Å². The van der Waals surface area contributed by atoms with Gasteiger partial charge in [-0.25, -0.2) is 9.67 Å². The zero-order valence-electron chi connectivity index (χ0n) is 19.7. The average Bonchev–Trinajstić information content (AvgIpc) is 3.15. The number of ether oxygens (including phenoxy) is 1. The number of benzene rings is 1. The van der Waals surface area contributed by atoms with Gasteiger partial charge in [-0.05, 0) is 62.3 Å². The molecule has 0 N–H and O–H groups in total. The van der Waals surface area contributed by atoms with E-state index >= 15 is 0 Å². The van der Waals surface area contributed by atoms with Crippen molar-refractivity contribution in [2.75, 3.05) is 11.4 Å². The van der Waals surface area contributed by atoms with Gasteiger partial charge in [0.1, 0.15) is 5.69 Å². The summed E-state index contributed by atoms with van der Waals surface area (Å²) in [6, 6.07) is 6.06. The smallest absolute Gasteiger partial charge is 0.186 e. The highest BCUT2D eigenvalue weighted by Gasteiger charge is 2.46. The Morgan fingerprint density at radius 3 is 2.71 bits per heavy atom. The molecule has 2 bridgehead atoms. The maximum Gasteiger partial charge on any atom is 0.186 e. The molecule has 3 aliphatic rings. The van der Waals surface area contributed by atoms with Crippen molar-refractivity contribution in [3.05, 3.63) is 75.0 Å². The van der Waals surface area contributed by atoms with Gasteiger partial charge >= 0.3 is 0 Å². The predicted octanol–water partition coefficient (Wildman–Crippen LogP) is 7.20. The Morgan fingerprint density at radius 1 is 1.23 bits per heavy atom. The molecule has 182 valence electrons. The minimum atomic E-state index is 0.245. The first-order valence-corrected chi connectivity index (χ1v) is 13.8. The fourth-order valence-corrected chi connectivity index (χ4v) is 7.13. The zero-order valence-corrected chi connectivity index (χ0v) is 22.0. The summed E-state index contributed by atoms with van der Waals surface area (Å²) < 4.78 is 8.49. The van der Waals surface area contributed by atoms with Gasteiger partial charge in [-0.3, -0.25) is 0 Å². The quantitative estimate of drug-likeness (QED) is 0.291. The highest BCUT2D eigenvalue weighted by atomic mass is 35.5. The number of nitrogens with zero attached hydrogens (tertiary/aromatic N) is 4. The van der Waals surface area contributed by atoms with Crippen LogP contribution in [0.3, 0.4) is 0 Å². The molecular weight excluding hydrogens is 499 g/mol. The maximum atomic E-state index is 6.60. The fraction of sp³-hybridized carbons (Fsp3) is 0.407. The number of aromatic nitrogens is 3. The number of hydrogen-bond donors (Lipinski definition) is 0. The molecule has 0 amide bonds. The van der Waals surface area contributed by atoms with Gasteiger partial charge in [0, 0.05) is 18.5 Å². The van der Waals surface area contributed by atoms with Gasteiger partial charge in [0.2, 0.25) is 0 Å². The van der Waals surface area contributed by atoms with Crippen LogP contribution in [0.4, 0.5) is 5.13 Å². The molecule has 2 aliphatic carbocycles. The highest BCUT2D eigenvalue weighted by molar-refractivity contribution is 7.16. The number of rotatable bonds is 8. The molecular formula is C27H28Cl2N4OS. The number of aryl methyl sites for hydroxylation is 1. The molecule has 1 aliphatic heterocycles. The van der Waals surface area contributed by atoms with E-state index in [1.807, 2.05) is 35.2 Å². The Bertz CT molecular complexity index is 1270. The van der Waals surface area contributed by atoms with Gasteiger partial charge < -0.3 is 9.64 Å². The van der Waals surface area contributed by atoms with E-state index in [0.29, 0.717) is 34.5 Å². The van der Waals surface area contributed by atoms with Gasteiger partial charge in [0.05, 0.1) is 45.2 Å². The van der Waals surface area contributed by atoms with Crippen LogP contribution in [-0.2, 0) is 11.3 Å². The average molecular weight is 528 g/mol. The lowest BCUT2D eigenvalue weighted by atomic mass is 10.1. The van der Waals surface area contributed by atoms with Crippen LogP contribution in [0.15, 0.2) is 43.1 Å². The van der Waals surface area contributed by atoms with Crippen LogP contribution in [0.25, 0.3) is 11.8 Å². The number of anilines is 1. The molecule has 5 nitrogen and oxygen atoms in total. The third kappa shape index (κ3) is 4.35. The Balaban J connectivity index is 1.17. The molecule has 3 fully saturated rings. The zero-order chi connectivity index (χ0) is 24.1. The Labute approximate surface area is 220 Å². The van der Waals surface area contributed by atoms with Crippen LogP contribution in [0.5, 0.6) is 0 Å². The summed E-state index contributed by atoms with van der Waals surface area (Å²) in [5.74, 6) is 1.08. The number of thiazole rings is 1. The van der Waals surface area contributed by atoms with Crippen molar-refractivity contribution in [3.63, 3.8) is 0 Å². The van der Waals surface area contributed by atoms with Crippen molar-refractivity contribution in [2.24, 2.45) is 5.92 Å². The largest absolute Gasteiger partial charge is 0.371 e. The van der Waals surface area contributed by atoms with Crippen LogP contribution in [-0.4, -0.2) is 33.5 Å². The van der Waals surface area contributed by atoms with Gasteiger partial charge in [-0.1, -0.05) is 59.3 Å². The predicted molar refractivity (Wildman–Crippen MR) is 144 cm³/mol. The molecule has 3 aromatic rings. The lowest BCUT2D eigenvalue weighted by Gasteiger charge is -2.31. The van der Waals surface area contributed by atoms with Gasteiger partial charge in [0.25, 0.3) is 0 Å². The number of hydrogen-bond acceptors (Lipinski definition) is 5. The topological polar surface area (TPSA) is 43.2 Å². The van der Waals surface area contributed by atoms with E-state index in [1.54, 1.807) is 17.4 Å². The summed E-state index contributed by atoms with van der Waals surface area (Å²) in [6.07, 6.45) is 12.7. The number of fused-ring (bicyclic) bond motifs is 2. The lowest BCUT2D eigenvalue weighted by Crippen LogP contribution is -2.38. The molecule has 1 saturated heterocycles. The van der Waals surface area contributed by atoms with Crippen molar-refractivity contribution < 1.29 is 4.74 Å². The van der Waals surface area contributed by atoms with E-state index < -0.39 is 0 Å². The van der Waals surface area contributed by atoms with E-state index in [2.05, 4.69) is 29.6 Å². The van der Waals surface area contributed by atoms with E-state index in [-0.39, 0.29) is 6.10 Å². The lowest BCUT2D eigenvalue weighted by molar-refractivity contribution is 0.00992. The number of para-hydroxylation sites is 1. The molecule has 8 heteroatoms. The molecule has 2 aromatic heterocycles. The Morgan fingerprint density at radius 2 is 2.03 bits per heavy atom. The third-order valence-corrected chi connectivity index (χ3v) is 9.20. The van der Waals surface area contributed by atoms with Gasteiger partial charge in [0.15, 0.2) is 5.13 Å². The van der Waals surface area contributed by atoms with Crippen LogP contribution >= 0.6 is 34.5 Å². The first kappa shape index (κ1) is 23.3. The molecule has 3 atom stereocenters. The summed E-state index contributed by atoms with van der Waals surface area (Å²) in [4.78, 5) is 8.54. The van der Waals surface area contributed by atoms with Crippen LogP contribution in [0, 0.1) is 12.8 Å². The molecule has 3 heterocycles. The molecule has 0 unspecified atom stereocenters. The summed E-state index contributed by atoms with van der Waals surface area (Å²) in [7, 11) is 0. The monoisotopic (exact) mass is 526 g/mol. The molecule has 1 aromatic carbocycles. The van der Waals surface area contributed by atoms with E-state index in [9.17, 15) is 0 Å². The van der Waals surface area contributed by atoms with Crippen molar-refractivity contribution in [1.82, 2.24) is 14.8 Å². The Hall–Kier alpha value is -2.12. The first-order valence-electron chi connectivity index (χ1n) is 12.2. The second-order valence-corrected chi connectivity index (χ2v) is 11.6. The number of halogens is 2. The molecule has 0 spiro atoms. The second kappa shape index (κ2) is 9.40. The molecule has 2 saturated carbocycles. The normalized spacial score (nSPS) is 23.6. The standard InChI is InChI=1S/C27H28Cl2N4OS/c1-3-4-8-25-16(2)31-27(35-25)32-14-18-11-19(32)12-24(18)34-15-23-20(17-9-10-17)13-30-33(23)26-21(28)6-5-7-22(26)29/h3-8,13,17-19,24H,1,9-12,14-15H2,2H3/b8-4-/t18-,19-,24+/m0/s1. The molecule has 35 heavy (non-hydrogen) atoms. The van der Waals surface area contributed by atoms with Crippen molar-refractivity contribution >= 4 is 45.7 Å².